The summed E-state index contributed by atoms with van der Waals surface area (Å²) in [6, 6.07) is 4.50. The molecule has 0 saturated heterocycles. The average Bonchev–Trinajstić information content (AvgIpc) is 2.43. The molecule has 0 aromatic heterocycles. The molecule has 0 bridgehead atoms. The monoisotopic (exact) mass is 349 g/mol. The number of ether oxygens (including phenoxy) is 1. The Kier molecular flexibility index (Phi) is 6.62. The average molecular weight is 349 g/mol. The molecule has 5 nitrogen and oxygen atoms in total. The maximum Gasteiger partial charge on any atom is 0.416 e. The molecule has 0 aliphatic heterocycles. The molecule has 136 valence electrons. The Hall–Kier alpha value is -1.80. The number of carbonyl (C=O) groups excluding carboxylic acids is 1. The lowest BCUT2D eigenvalue weighted by molar-refractivity contribution is -0.140. The van der Waals surface area contributed by atoms with E-state index in [2.05, 4.69) is 5.32 Å². The van der Waals surface area contributed by atoms with Crippen LogP contribution >= 0.6 is 0 Å². The van der Waals surface area contributed by atoms with Gasteiger partial charge < -0.3 is 20.3 Å². The summed E-state index contributed by atoms with van der Waals surface area (Å²) in [5.74, 6) is 0. The van der Waals surface area contributed by atoms with Crippen molar-refractivity contribution in [2.45, 2.75) is 51.2 Å². The maximum atomic E-state index is 12.9. The van der Waals surface area contributed by atoms with E-state index in [1.807, 2.05) is 0 Å². The van der Waals surface area contributed by atoms with E-state index < -0.39 is 41.2 Å². The highest BCUT2D eigenvalue weighted by molar-refractivity contribution is 5.67. The van der Waals surface area contributed by atoms with Crippen molar-refractivity contribution in [2.24, 2.45) is 0 Å². The van der Waals surface area contributed by atoms with Crippen LogP contribution in [-0.4, -0.2) is 34.6 Å². The van der Waals surface area contributed by atoms with Crippen molar-refractivity contribution >= 4 is 6.09 Å². The second-order valence-corrected chi connectivity index (χ2v) is 6.31. The number of aliphatic hydroxyl groups excluding tert-OH is 2. The number of nitrogens with one attached hydrogen (secondary N) is 1. The summed E-state index contributed by atoms with van der Waals surface area (Å²) in [4.78, 5) is 11.4. The summed E-state index contributed by atoms with van der Waals surface area (Å²) in [6.45, 7) is 4.99. The molecule has 0 fully saturated rings. The first-order valence-electron chi connectivity index (χ1n) is 7.41. The van der Waals surface area contributed by atoms with E-state index in [0.717, 1.165) is 12.1 Å². The van der Waals surface area contributed by atoms with Crippen LogP contribution in [0.5, 0.6) is 0 Å². The predicted octanol–water partition coefficient (Wildman–Crippen LogP) is 3.01. The number of alkyl carbamates (subject to hydrolysis) is 1. The minimum atomic E-state index is -4.63. The van der Waals surface area contributed by atoms with Crippen LogP contribution in [0.1, 0.15) is 44.4 Å². The van der Waals surface area contributed by atoms with Crippen molar-refractivity contribution in [3.05, 3.63) is 35.4 Å². The fourth-order valence-electron chi connectivity index (χ4n) is 2.01. The van der Waals surface area contributed by atoms with Crippen molar-refractivity contribution in [3.63, 3.8) is 0 Å². The first-order chi connectivity index (χ1) is 10.9. The summed E-state index contributed by atoms with van der Waals surface area (Å²) in [6.07, 6.45) is -8.66. The molecule has 3 N–H and O–H groups in total. The van der Waals surface area contributed by atoms with E-state index in [1.165, 1.54) is 12.1 Å². The van der Waals surface area contributed by atoms with Crippen molar-refractivity contribution < 1.29 is 32.9 Å². The van der Waals surface area contributed by atoms with Crippen LogP contribution in [-0.2, 0) is 10.9 Å². The fourth-order valence-corrected chi connectivity index (χ4v) is 2.01. The van der Waals surface area contributed by atoms with Crippen molar-refractivity contribution in [2.75, 3.05) is 6.54 Å². The highest BCUT2D eigenvalue weighted by Crippen LogP contribution is 2.35. The molecule has 0 aliphatic carbocycles. The molecule has 0 saturated carbocycles. The Morgan fingerprint density at radius 1 is 1.21 bits per heavy atom. The van der Waals surface area contributed by atoms with Gasteiger partial charge in [-0.2, -0.15) is 13.2 Å². The molecule has 2 atom stereocenters. The topological polar surface area (TPSA) is 78.8 Å². The summed E-state index contributed by atoms with van der Waals surface area (Å²) < 4.78 is 43.7. The van der Waals surface area contributed by atoms with Gasteiger partial charge in [-0.15, -0.1) is 0 Å². The van der Waals surface area contributed by atoms with Crippen LogP contribution < -0.4 is 5.32 Å². The summed E-state index contributed by atoms with van der Waals surface area (Å²) >= 11 is 0. The van der Waals surface area contributed by atoms with Gasteiger partial charge in [-0.3, -0.25) is 0 Å². The van der Waals surface area contributed by atoms with Gasteiger partial charge in [0.15, 0.2) is 0 Å². The summed E-state index contributed by atoms with van der Waals surface area (Å²) in [5.41, 5.74) is -2.10. The quantitative estimate of drug-likeness (QED) is 0.764. The molecule has 1 amide bonds. The van der Waals surface area contributed by atoms with E-state index in [4.69, 9.17) is 4.74 Å². The minimum Gasteiger partial charge on any atom is -0.444 e. The lowest BCUT2D eigenvalue weighted by Gasteiger charge is -2.23. The van der Waals surface area contributed by atoms with Crippen molar-refractivity contribution in [1.82, 2.24) is 5.32 Å². The Bertz CT molecular complexity index is 555. The van der Waals surface area contributed by atoms with Crippen LogP contribution in [0.4, 0.5) is 18.0 Å². The molecule has 1 aromatic carbocycles. The third-order valence-electron chi connectivity index (χ3n) is 3.06. The number of benzene rings is 1. The Morgan fingerprint density at radius 3 is 2.33 bits per heavy atom. The number of alkyl halides is 3. The van der Waals surface area contributed by atoms with Crippen LogP contribution in [0.2, 0.25) is 0 Å². The van der Waals surface area contributed by atoms with Gasteiger partial charge in [0, 0.05) is 6.54 Å². The number of carbonyl (C=O) groups is 1. The van der Waals surface area contributed by atoms with E-state index >= 15 is 0 Å². The van der Waals surface area contributed by atoms with Crippen LogP contribution in [0.25, 0.3) is 0 Å². The third kappa shape index (κ3) is 6.37. The standard InChI is InChI=1S/C16H22F3NO4/c1-15(2,3)24-14(23)20-9-8-12(21)13(22)10-6-4-5-7-11(10)16(17,18)19/h4-7,12-13,21-22H,8-9H2,1-3H3,(H,20,23). The number of hydrogen-bond acceptors (Lipinski definition) is 4. The molecule has 24 heavy (non-hydrogen) atoms. The molecule has 1 rings (SSSR count). The lowest BCUT2D eigenvalue weighted by Crippen LogP contribution is -2.34. The molecular weight excluding hydrogens is 327 g/mol. The predicted molar refractivity (Wildman–Crippen MR) is 81.3 cm³/mol. The van der Waals surface area contributed by atoms with E-state index in [0.29, 0.717) is 0 Å². The van der Waals surface area contributed by atoms with Crippen LogP contribution in [0.3, 0.4) is 0 Å². The second-order valence-electron chi connectivity index (χ2n) is 6.31. The van der Waals surface area contributed by atoms with E-state index in [9.17, 15) is 28.2 Å². The highest BCUT2D eigenvalue weighted by Gasteiger charge is 2.36. The van der Waals surface area contributed by atoms with Gasteiger partial charge in [0.2, 0.25) is 0 Å². The van der Waals surface area contributed by atoms with Gasteiger partial charge in [-0.1, -0.05) is 18.2 Å². The SMILES string of the molecule is CC(C)(C)OC(=O)NCCC(O)C(O)c1ccccc1C(F)(F)F. The van der Waals surface area contributed by atoms with Crippen molar-refractivity contribution in [3.8, 4) is 0 Å². The number of aliphatic hydroxyl groups is 2. The first-order valence-corrected chi connectivity index (χ1v) is 7.41. The molecule has 0 aliphatic rings. The zero-order chi connectivity index (χ0) is 18.5. The number of amides is 1. The summed E-state index contributed by atoms with van der Waals surface area (Å²) in [5, 5.41) is 22.3. The summed E-state index contributed by atoms with van der Waals surface area (Å²) in [7, 11) is 0. The first kappa shape index (κ1) is 20.2. The third-order valence-corrected chi connectivity index (χ3v) is 3.06. The number of hydrogen-bond donors (Lipinski definition) is 3. The highest BCUT2D eigenvalue weighted by atomic mass is 19.4. The largest absolute Gasteiger partial charge is 0.444 e. The van der Waals surface area contributed by atoms with Gasteiger partial charge in [-0.05, 0) is 38.8 Å². The van der Waals surface area contributed by atoms with E-state index in [-0.39, 0.29) is 13.0 Å². The van der Waals surface area contributed by atoms with Crippen molar-refractivity contribution in [1.29, 1.82) is 0 Å². The van der Waals surface area contributed by atoms with Gasteiger partial charge in [0.25, 0.3) is 0 Å². The van der Waals surface area contributed by atoms with Crippen LogP contribution in [0, 0.1) is 0 Å². The molecular formula is C16H22F3NO4. The number of rotatable bonds is 5. The maximum absolute atomic E-state index is 12.9. The van der Waals surface area contributed by atoms with Gasteiger partial charge in [0.05, 0.1) is 11.7 Å². The lowest BCUT2D eigenvalue weighted by atomic mass is 9.97. The molecule has 2 unspecified atom stereocenters. The molecule has 0 spiro atoms. The Balaban J connectivity index is 2.63. The smallest absolute Gasteiger partial charge is 0.416 e. The zero-order valence-corrected chi connectivity index (χ0v) is 13.7. The zero-order valence-electron chi connectivity index (χ0n) is 13.7. The van der Waals surface area contributed by atoms with Gasteiger partial charge >= 0.3 is 12.3 Å². The van der Waals surface area contributed by atoms with Gasteiger partial charge in [0.1, 0.15) is 11.7 Å². The fraction of sp³-hybridized carbons (Fsp3) is 0.562. The molecule has 8 heteroatoms. The Labute approximate surface area is 138 Å². The second kappa shape index (κ2) is 7.85. The normalized spacial score (nSPS) is 14.8. The molecule has 1 aromatic rings. The minimum absolute atomic E-state index is 0.0542. The van der Waals surface area contributed by atoms with Crippen LogP contribution in [0.15, 0.2) is 24.3 Å². The molecule has 0 heterocycles. The Morgan fingerprint density at radius 2 is 1.79 bits per heavy atom. The van der Waals surface area contributed by atoms with E-state index in [1.54, 1.807) is 20.8 Å². The van der Waals surface area contributed by atoms with Gasteiger partial charge in [-0.25, -0.2) is 4.79 Å². The molecule has 0 radical (unpaired) electrons. The number of halogens is 3.